The molecule has 1 aromatic heterocycles. The first-order chi connectivity index (χ1) is 11.3. The second-order valence-electron chi connectivity index (χ2n) is 6.25. The highest BCUT2D eigenvalue weighted by atomic mass is 16.5. The minimum absolute atomic E-state index is 0.469. The number of ether oxygens (including phenoxy) is 1. The van der Waals surface area contributed by atoms with Gasteiger partial charge in [-0.1, -0.05) is 0 Å². The van der Waals surface area contributed by atoms with Gasteiger partial charge < -0.3 is 4.74 Å². The monoisotopic (exact) mass is 310 g/mol. The zero-order chi connectivity index (χ0) is 15.4. The average Bonchev–Trinajstić information content (AvgIpc) is 3.09. The normalized spacial score (nSPS) is 18.6. The summed E-state index contributed by atoms with van der Waals surface area (Å²) in [5.41, 5.74) is 3.31. The standard InChI is InChI=1S/C16H18N6O/c1-21-16-11-9-22(10-4-6-23-7-5-10)20-12(11)2-3-13-15(16)14(19-21)8-17-18-13/h2-3,8,10,18H,4-7,9H2,1H3. The maximum atomic E-state index is 5.48. The summed E-state index contributed by atoms with van der Waals surface area (Å²) >= 11 is 0. The number of hydrogen-bond donors (Lipinski definition) is 1. The maximum absolute atomic E-state index is 5.48. The predicted octanol–water partition coefficient (Wildman–Crippen LogP) is 0.831. The van der Waals surface area contributed by atoms with Crippen molar-refractivity contribution in [2.45, 2.75) is 25.4 Å². The van der Waals surface area contributed by atoms with Gasteiger partial charge in [0.1, 0.15) is 5.52 Å². The molecule has 4 heterocycles. The largest absolute Gasteiger partial charge is 0.381 e. The summed E-state index contributed by atoms with van der Waals surface area (Å²) < 4.78 is 7.43. The molecule has 0 amide bonds. The van der Waals surface area contributed by atoms with Crippen LogP contribution in [0.5, 0.6) is 0 Å². The molecule has 1 N–H and O–H groups in total. The lowest BCUT2D eigenvalue weighted by Crippen LogP contribution is -2.34. The van der Waals surface area contributed by atoms with Crippen molar-refractivity contribution in [3.8, 4) is 0 Å². The Balaban J connectivity index is 1.74. The zero-order valence-electron chi connectivity index (χ0n) is 13.0. The molecule has 7 heteroatoms. The van der Waals surface area contributed by atoms with Gasteiger partial charge in [-0.05, 0) is 25.0 Å². The fraction of sp³-hybridized carbons (Fsp3) is 0.438. The molecule has 1 aliphatic carbocycles. The number of aromatic nitrogens is 4. The van der Waals surface area contributed by atoms with Gasteiger partial charge in [-0.2, -0.15) is 15.3 Å². The van der Waals surface area contributed by atoms with E-state index in [2.05, 4.69) is 32.4 Å². The molecule has 0 aromatic carbocycles. The molecule has 0 atom stereocenters. The van der Waals surface area contributed by atoms with Crippen LogP contribution in [0.3, 0.4) is 0 Å². The third-order valence-electron chi connectivity index (χ3n) is 4.89. The van der Waals surface area contributed by atoms with Crippen LogP contribution in [0, 0.1) is 10.6 Å². The molecule has 7 nitrogen and oxygen atoms in total. The average molecular weight is 310 g/mol. The molecule has 5 rings (SSSR count). The van der Waals surface area contributed by atoms with E-state index in [0.29, 0.717) is 6.04 Å². The Morgan fingerprint density at radius 1 is 1.26 bits per heavy atom. The molecule has 0 saturated carbocycles. The van der Waals surface area contributed by atoms with Crippen molar-refractivity contribution in [3.63, 3.8) is 0 Å². The highest BCUT2D eigenvalue weighted by Gasteiger charge is 2.26. The van der Waals surface area contributed by atoms with Crippen molar-refractivity contribution in [3.05, 3.63) is 39.8 Å². The molecule has 0 bridgehead atoms. The van der Waals surface area contributed by atoms with E-state index >= 15 is 0 Å². The number of rotatable bonds is 1. The van der Waals surface area contributed by atoms with Crippen LogP contribution >= 0.6 is 0 Å². The van der Waals surface area contributed by atoms with Gasteiger partial charge in [0.15, 0.2) is 0 Å². The zero-order valence-corrected chi connectivity index (χ0v) is 13.0. The first kappa shape index (κ1) is 13.1. The topological polar surface area (TPSA) is 71.3 Å². The van der Waals surface area contributed by atoms with Crippen molar-refractivity contribution < 1.29 is 4.74 Å². The Bertz CT molecular complexity index is 1010. The van der Waals surface area contributed by atoms with Gasteiger partial charge in [0.2, 0.25) is 0 Å². The number of aromatic amines is 1. The summed E-state index contributed by atoms with van der Waals surface area (Å²) in [6.45, 7) is 2.49. The molecular weight excluding hydrogens is 292 g/mol. The number of H-pyrrole nitrogens is 1. The van der Waals surface area contributed by atoms with E-state index in [1.54, 1.807) is 6.20 Å². The number of nitrogens with one attached hydrogen (secondary N) is 1. The van der Waals surface area contributed by atoms with Crippen LogP contribution in [0.25, 0.3) is 11.0 Å². The lowest BCUT2D eigenvalue weighted by molar-refractivity contribution is 0.0338. The molecular formula is C16H18N6O. The Morgan fingerprint density at radius 3 is 3.00 bits per heavy atom. The Kier molecular flexibility index (Phi) is 2.72. The van der Waals surface area contributed by atoms with Crippen LogP contribution < -0.4 is 5.36 Å². The van der Waals surface area contributed by atoms with E-state index in [9.17, 15) is 0 Å². The van der Waals surface area contributed by atoms with Crippen LogP contribution in [0.1, 0.15) is 18.4 Å². The molecule has 3 aliphatic heterocycles. The number of aryl methyl sites for hydroxylation is 1. The first-order valence-electron chi connectivity index (χ1n) is 8.02. The van der Waals surface area contributed by atoms with Crippen molar-refractivity contribution in [2.75, 3.05) is 13.2 Å². The van der Waals surface area contributed by atoms with E-state index < -0.39 is 0 Å². The van der Waals surface area contributed by atoms with E-state index in [1.165, 1.54) is 5.56 Å². The third kappa shape index (κ3) is 1.89. The Labute approximate surface area is 132 Å². The quantitative estimate of drug-likeness (QED) is 0.723. The maximum Gasteiger partial charge on any atom is 0.115 e. The van der Waals surface area contributed by atoms with Gasteiger partial charge >= 0.3 is 0 Å². The summed E-state index contributed by atoms with van der Waals surface area (Å²) in [5.74, 6) is 0. The smallest absolute Gasteiger partial charge is 0.115 e. The van der Waals surface area contributed by atoms with E-state index in [4.69, 9.17) is 9.84 Å². The molecule has 1 fully saturated rings. The molecule has 1 saturated heterocycles. The van der Waals surface area contributed by atoms with Crippen LogP contribution in [0.2, 0.25) is 0 Å². The highest BCUT2D eigenvalue weighted by Crippen LogP contribution is 2.23. The SMILES string of the molecule is Cn1nc2cn[nH]c3ccc4c(c1c2=3)CN(C1CCOCC1)N=4. The molecule has 0 radical (unpaired) electrons. The van der Waals surface area contributed by atoms with E-state index in [-0.39, 0.29) is 0 Å². The van der Waals surface area contributed by atoms with Crippen LogP contribution in [-0.2, 0) is 18.3 Å². The Hall–Kier alpha value is -2.41. The summed E-state index contributed by atoms with van der Waals surface area (Å²) in [6.07, 6.45) is 3.87. The van der Waals surface area contributed by atoms with Crippen molar-refractivity contribution in [2.24, 2.45) is 12.1 Å². The minimum Gasteiger partial charge on any atom is -0.381 e. The van der Waals surface area contributed by atoms with E-state index in [0.717, 1.165) is 59.6 Å². The molecule has 118 valence electrons. The molecule has 0 spiro atoms. The van der Waals surface area contributed by atoms with Crippen molar-refractivity contribution in [1.29, 1.82) is 0 Å². The fourth-order valence-corrected chi connectivity index (χ4v) is 3.75. The summed E-state index contributed by atoms with van der Waals surface area (Å²) in [4.78, 5) is 0. The first-order valence-corrected chi connectivity index (χ1v) is 8.02. The number of nitrogens with zero attached hydrogens (tertiary/aromatic N) is 5. The lowest BCUT2D eigenvalue weighted by Gasteiger charge is -2.29. The summed E-state index contributed by atoms with van der Waals surface area (Å²) in [6, 6.07) is 4.61. The van der Waals surface area contributed by atoms with Crippen molar-refractivity contribution in [1.82, 2.24) is 25.0 Å². The minimum atomic E-state index is 0.469. The van der Waals surface area contributed by atoms with Gasteiger partial charge in [0.05, 0.1) is 40.2 Å². The molecule has 4 aliphatic rings. The second kappa shape index (κ2) is 4.79. The molecule has 23 heavy (non-hydrogen) atoms. The fourth-order valence-electron chi connectivity index (χ4n) is 3.75. The highest BCUT2D eigenvalue weighted by molar-refractivity contribution is 5.66. The van der Waals surface area contributed by atoms with Gasteiger partial charge in [0.25, 0.3) is 0 Å². The molecule has 0 unspecified atom stereocenters. The summed E-state index contributed by atoms with van der Waals surface area (Å²) in [7, 11) is 1.99. The third-order valence-corrected chi connectivity index (χ3v) is 4.89. The van der Waals surface area contributed by atoms with E-state index in [1.807, 2.05) is 11.7 Å². The van der Waals surface area contributed by atoms with Gasteiger partial charge in [-0.15, -0.1) is 0 Å². The summed E-state index contributed by atoms with van der Waals surface area (Å²) in [5, 5.41) is 22.1. The number of hydrogen-bond acceptors (Lipinski definition) is 5. The number of fused-ring (bicyclic) bond motifs is 2. The predicted molar refractivity (Wildman–Crippen MR) is 83.1 cm³/mol. The van der Waals surface area contributed by atoms with Gasteiger partial charge in [-0.25, -0.2) is 0 Å². The van der Waals surface area contributed by atoms with Crippen LogP contribution in [0.15, 0.2) is 23.4 Å². The Morgan fingerprint density at radius 2 is 2.13 bits per heavy atom. The second-order valence-corrected chi connectivity index (χ2v) is 6.25. The van der Waals surface area contributed by atoms with Crippen LogP contribution in [0.4, 0.5) is 0 Å². The van der Waals surface area contributed by atoms with Crippen LogP contribution in [-0.4, -0.2) is 44.2 Å². The van der Waals surface area contributed by atoms with Crippen molar-refractivity contribution >= 4 is 11.0 Å². The van der Waals surface area contributed by atoms with Gasteiger partial charge in [0, 0.05) is 25.8 Å². The van der Waals surface area contributed by atoms with Gasteiger partial charge in [-0.3, -0.25) is 14.8 Å². The lowest BCUT2D eigenvalue weighted by atomic mass is 10.1. The molecule has 1 aromatic rings.